The van der Waals surface area contributed by atoms with Gasteiger partial charge in [0.2, 0.25) is 0 Å². The first-order valence-electron chi connectivity index (χ1n) is 5.54. The van der Waals surface area contributed by atoms with Crippen LogP contribution in [0, 0.1) is 0 Å². The molecule has 84 valence electrons. The number of hydrogen-bond donors (Lipinski definition) is 1. The predicted molar refractivity (Wildman–Crippen MR) is 65.7 cm³/mol. The first kappa shape index (κ1) is 12.5. The summed E-state index contributed by atoms with van der Waals surface area (Å²) in [7, 11) is 0. The second-order valence-electron chi connectivity index (χ2n) is 4.00. The molecule has 0 unspecified atom stereocenters. The van der Waals surface area contributed by atoms with Crippen molar-refractivity contribution in [2.45, 2.75) is 32.1 Å². The summed E-state index contributed by atoms with van der Waals surface area (Å²) in [4.78, 5) is 4.31. The fourth-order valence-electron chi connectivity index (χ4n) is 2.08. The van der Waals surface area contributed by atoms with Gasteiger partial charge in [-0.3, -0.25) is 4.98 Å². The molecule has 1 saturated heterocycles. The maximum Gasteiger partial charge on any atom is 0.0302 e. The Kier molecular flexibility index (Phi) is 5.06. The number of aryl methyl sites for hydroxylation is 1. The molecule has 1 aliphatic heterocycles. The highest BCUT2D eigenvalue weighted by molar-refractivity contribution is 5.85. The minimum Gasteiger partial charge on any atom is -0.317 e. The minimum absolute atomic E-state index is 0. The molecule has 1 fully saturated rings. The molecule has 15 heavy (non-hydrogen) atoms. The van der Waals surface area contributed by atoms with Crippen LogP contribution < -0.4 is 5.32 Å². The fraction of sp³-hybridized carbons (Fsp3) is 0.583. The lowest BCUT2D eigenvalue weighted by molar-refractivity contribution is 0.459. The number of piperidine rings is 1. The average Bonchev–Trinajstić information content (AvgIpc) is 2.30. The van der Waals surface area contributed by atoms with Crippen molar-refractivity contribution in [1.29, 1.82) is 0 Å². The molecule has 0 saturated carbocycles. The average molecular weight is 227 g/mol. The van der Waals surface area contributed by atoms with Gasteiger partial charge >= 0.3 is 0 Å². The molecule has 1 N–H and O–H groups in total. The third-order valence-corrected chi connectivity index (χ3v) is 3.03. The first-order valence-corrected chi connectivity index (χ1v) is 5.54. The lowest BCUT2D eigenvalue weighted by Gasteiger charge is -2.22. The van der Waals surface area contributed by atoms with Gasteiger partial charge in [-0.1, -0.05) is 13.0 Å². The smallest absolute Gasteiger partial charge is 0.0302 e. The highest BCUT2D eigenvalue weighted by Crippen LogP contribution is 2.24. The van der Waals surface area contributed by atoms with Gasteiger partial charge in [0, 0.05) is 12.4 Å². The Morgan fingerprint density at radius 2 is 2.07 bits per heavy atom. The van der Waals surface area contributed by atoms with E-state index in [1.165, 1.54) is 24.0 Å². The van der Waals surface area contributed by atoms with Gasteiger partial charge in [0.25, 0.3) is 0 Å². The molecule has 1 aromatic rings. The molecule has 0 aliphatic carbocycles. The van der Waals surface area contributed by atoms with E-state index in [9.17, 15) is 0 Å². The van der Waals surface area contributed by atoms with Crippen molar-refractivity contribution in [3.63, 3.8) is 0 Å². The van der Waals surface area contributed by atoms with E-state index in [1.807, 2.05) is 12.4 Å². The van der Waals surface area contributed by atoms with Crippen molar-refractivity contribution in [2.24, 2.45) is 0 Å². The van der Waals surface area contributed by atoms with Crippen LogP contribution in [0.4, 0.5) is 0 Å². The first-order chi connectivity index (χ1) is 6.90. The number of pyridine rings is 1. The van der Waals surface area contributed by atoms with Crippen molar-refractivity contribution in [3.8, 4) is 0 Å². The monoisotopic (exact) mass is 226 g/mol. The molecule has 3 heteroatoms. The van der Waals surface area contributed by atoms with Crippen molar-refractivity contribution in [1.82, 2.24) is 10.3 Å². The van der Waals surface area contributed by atoms with Crippen LogP contribution in [0.3, 0.4) is 0 Å². The summed E-state index contributed by atoms with van der Waals surface area (Å²) in [6, 6.07) is 2.32. The SMILES string of the molecule is CCc1cncc(C2CCNCC2)c1.Cl. The van der Waals surface area contributed by atoms with Gasteiger partial charge in [0.05, 0.1) is 0 Å². The number of rotatable bonds is 2. The zero-order valence-corrected chi connectivity index (χ0v) is 10.0. The molecule has 0 bridgehead atoms. The number of aromatic nitrogens is 1. The Hall–Kier alpha value is -0.600. The van der Waals surface area contributed by atoms with E-state index in [2.05, 4.69) is 23.3 Å². The number of nitrogens with one attached hydrogen (secondary N) is 1. The standard InChI is InChI=1S/C12H18N2.ClH/c1-2-10-7-12(9-14-8-10)11-3-5-13-6-4-11;/h7-9,11,13H,2-6H2,1H3;1H. The lowest BCUT2D eigenvalue weighted by atomic mass is 9.90. The molecule has 2 rings (SSSR count). The Labute approximate surface area is 97.9 Å². The van der Waals surface area contributed by atoms with E-state index in [4.69, 9.17) is 0 Å². The van der Waals surface area contributed by atoms with Crippen LogP contribution in [-0.4, -0.2) is 18.1 Å². The molecule has 1 aromatic heterocycles. The molecule has 2 nitrogen and oxygen atoms in total. The lowest BCUT2D eigenvalue weighted by Crippen LogP contribution is -2.26. The second-order valence-corrected chi connectivity index (χ2v) is 4.00. The molecule has 0 radical (unpaired) electrons. The summed E-state index contributed by atoms with van der Waals surface area (Å²) in [6.45, 7) is 4.49. The van der Waals surface area contributed by atoms with Gasteiger partial charge in [-0.15, -0.1) is 12.4 Å². The van der Waals surface area contributed by atoms with Crippen molar-refractivity contribution >= 4 is 12.4 Å². The van der Waals surface area contributed by atoms with Gasteiger partial charge in [0.1, 0.15) is 0 Å². The van der Waals surface area contributed by atoms with E-state index in [-0.39, 0.29) is 12.4 Å². The van der Waals surface area contributed by atoms with Crippen molar-refractivity contribution < 1.29 is 0 Å². The zero-order valence-electron chi connectivity index (χ0n) is 9.20. The molecule has 0 spiro atoms. The maximum absolute atomic E-state index is 4.31. The van der Waals surface area contributed by atoms with Gasteiger partial charge < -0.3 is 5.32 Å². The van der Waals surface area contributed by atoms with E-state index in [1.54, 1.807) is 0 Å². The van der Waals surface area contributed by atoms with E-state index in [0.29, 0.717) is 0 Å². The van der Waals surface area contributed by atoms with Crippen LogP contribution >= 0.6 is 12.4 Å². The van der Waals surface area contributed by atoms with Gasteiger partial charge in [-0.25, -0.2) is 0 Å². The van der Waals surface area contributed by atoms with Crippen LogP contribution in [-0.2, 0) is 6.42 Å². The summed E-state index contributed by atoms with van der Waals surface area (Å²) >= 11 is 0. The molecule has 1 aliphatic rings. The third kappa shape index (κ3) is 3.18. The Bertz CT molecular complexity index is 295. The highest BCUT2D eigenvalue weighted by Gasteiger charge is 2.15. The van der Waals surface area contributed by atoms with Crippen LogP contribution in [0.5, 0.6) is 0 Å². The van der Waals surface area contributed by atoms with Crippen molar-refractivity contribution in [3.05, 3.63) is 29.6 Å². The summed E-state index contributed by atoms with van der Waals surface area (Å²) in [5.74, 6) is 0.732. The molecule has 0 amide bonds. The van der Waals surface area contributed by atoms with Crippen LogP contribution in [0.25, 0.3) is 0 Å². The zero-order chi connectivity index (χ0) is 9.80. The van der Waals surface area contributed by atoms with Crippen molar-refractivity contribution in [2.75, 3.05) is 13.1 Å². The Morgan fingerprint density at radius 3 is 2.73 bits per heavy atom. The minimum atomic E-state index is 0. The van der Waals surface area contributed by atoms with Gasteiger partial charge in [-0.2, -0.15) is 0 Å². The van der Waals surface area contributed by atoms with E-state index >= 15 is 0 Å². The molecular formula is C12H19ClN2. The third-order valence-electron chi connectivity index (χ3n) is 3.03. The summed E-state index contributed by atoms with van der Waals surface area (Å²) < 4.78 is 0. The second kappa shape index (κ2) is 6.09. The van der Waals surface area contributed by atoms with Crippen LogP contribution in [0.15, 0.2) is 18.5 Å². The topological polar surface area (TPSA) is 24.9 Å². The summed E-state index contributed by atoms with van der Waals surface area (Å²) in [6.07, 6.45) is 7.62. The van der Waals surface area contributed by atoms with Crippen LogP contribution in [0.2, 0.25) is 0 Å². The van der Waals surface area contributed by atoms with Gasteiger partial charge in [-0.05, 0) is 49.4 Å². The van der Waals surface area contributed by atoms with E-state index < -0.39 is 0 Å². The van der Waals surface area contributed by atoms with Crippen LogP contribution in [0.1, 0.15) is 36.8 Å². The number of hydrogen-bond acceptors (Lipinski definition) is 2. The fourth-order valence-corrected chi connectivity index (χ4v) is 2.08. The largest absolute Gasteiger partial charge is 0.317 e. The summed E-state index contributed by atoms with van der Waals surface area (Å²) in [5, 5.41) is 3.39. The summed E-state index contributed by atoms with van der Waals surface area (Å²) in [5.41, 5.74) is 2.80. The highest BCUT2D eigenvalue weighted by atomic mass is 35.5. The van der Waals surface area contributed by atoms with Gasteiger partial charge in [0.15, 0.2) is 0 Å². The predicted octanol–water partition coefficient (Wildman–Crippen LogP) is 2.53. The molecule has 0 atom stereocenters. The molecule has 2 heterocycles. The Morgan fingerprint density at radius 1 is 1.33 bits per heavy atom. The molecule has 0 aromatic carbocycles. The Balaban J connectivity index is 0.00000112. The quantitative estimate of drug-likeness (QED) is 0.839. The molecular weight excluding hydrogens is 208 g/mol. The number of nitrogens with zero attached hydrogens (tertiary/aromatic N) is 1. The van der Waals surface area contributed by atoms with E-state index in [0.717, 1.165) is 25.4 Å². The number of halogens is 1. The maximum atomic E-state index is 4.31. The normalized spacial score (nSPS) is 17.1.